The van der Waals surface area contributed by atoms with Crippen LogP contribution in [0.4, 0.5) is 22.0 Å². The number of aromatic nitrogens is 1. The molecule has 0 saturated heterocycles. The van der Waals surface area contributed by atoms with E-state index in [1.165, 1.54) is 13.0 Å². The van der Waals surface area contributed by atoms with Crippen molar-refractivity contribution in [1.29, 1.82) is 0 Å². The molecule has 0 radical (unpaired) electrons. The van der Waals surface area contributed by atoms with Crippen LogP contribution in [0, 0.1) is 42.9 Å². The standard InChI is InChI=1S/C12H8F5N/c1-4-3-6(5(2)18-4)7-8(13)10(15)12(17)11(16)9(7)14/h3,18H,1-2H3. The minimum absolute atomic E-state index is 0.0414. The summed E-state index contributed by atoms with van der Waals surface area (Å²) in [5.41, 5.74) is -0.0595. The summed E-state index contributed by atoms with van der Waals surface area (Å²) < 4.78 is 66.1. The second-order valence-electron chi connectivity index (χ2n) is 3.94. The largest absolute Gasteiger partial charge is 0.362 e. The Kier molecular flexibility index (Phi) is 2.88. The fourth-order valence-corrected chi connectivity index (χ4v) is 1.82. The Balaban J connectivity index is 2.84. The first-order chi connectivity index (χ1) is 8.34. The van der Waals surface area contributed by atoms with Crippen molar-refractivity contribution < 1.29 is 22.0 Å². The molecule has 2 aromatic rings. The van der Waals surface area contributed by atoms with Gasteiger partial charge in [0.15, 0.2) is 23.3 Å². The zero-order chi connectivity index (χ0) is 13.6. The van der Waals surface area contributed by atoms with Crippen LogP contribution in [0.5, 0.6) is 0 Å². The lowest BCUT2D eigenvalue weighted by Crippen LogP contribution is -2.04. The van der Waals surface area contributed by atoms with Crippen molar-refractivity contribution in [2.45, 2.75) is 13.8 Å². The van der Waals surface area contributed by atoms with Gasteiger partial charge in [0, 0.05) is 17.0 Å². The van der Waals surface area contributed by atoms with Crippen molar-refractivity contribution in [3.63, 3.8) is 0 Å². The van der Waals surface area contributed by atoms with E-state index in [1.54, 1.807) is 6.92 Å². The highest BCUT2D eigenvalue weighted by Gasteiger charge is 2.27. The maximum Gasteiger partial charge on any atom is 0.200 e. The van der Waals surface area contributed by atoms with Gasteiger partial charge in [0.05, 0.1) is 5.56 Å². The Hall–Kier alpha value is -1.85. The van der Waals surface area contributed by atoms with E-state index in [9.17, 15) is 22.0 Å². The van der Waals surface area contributed by atoms with E-state index >= 15 is 0 Å². The smallest absolute Gasteiger partial charge is 0.200 e. The molecule has 96 valence electrons. The molecule has 2 rings (SSSR count). The Morgan fingerprint density at radius 3 is 1.61 bits per heavy atom. The lowest BCUT2D eigenvalue weighted by atomic mass is 10.0. The molecule has 1 N–H and O–H groups in total. The third-order valence-corrected chi connectivity index (χ3v) is 2.63. The molecule has 0 unspecified atom stereocenters. The number of H-pyrrole nitrogens is 1. The van der Waals surface area contributed by atoms with Crippen LogP contribution in [0.1, 0.15) is 11.4 Å². The van der Waals surface area contributed by atoms with Gasteiger partial charge in [-0.25, -0.2) is 22.0 Å². The molecule has 0 saturated carbocycles. The summed E-state index contributed by atoms with van der Waals surface area (Å²) in [5.74, 6) is -9.69. The molecule has 0 aliphatic rings. The maximum atomic E-state index is 13.5. The summed E-state index contributed by atoms with van der Waals surface area (Å²) in [5, 5.41) is 0. The first kappa shape index (κ1) is 12.6. The van der Waals surface area contributed by atoms with Gasteiger partial charge in [-0.2, -0.15) is 0 Å². The number of benzene rings is 1. The summed E-state index contributed by atoms with van der Waals surface area (Å²) in [6, 6.07) is 1.33. The van der Waals surface area contributed by atoms with E-state index < -0.39 is 34.6 Å². The molecule has 0 amide bonds. The van der Waals surface area contributed by atoms with E-state index in [4.69, 9.17) is 0 Å². The number of aryl methyl sites for hydroxylation is 2. The summed E-state index contributed by atoms with van der Waals surface area (Å²) >= 11 is 0. The highest BCUT2D eigenvalue weighted by Crippen LogP contribution is 2.33. The van der Waals surface area contributed by atoms with Crippen LogP contribution in [0.25, 0.3) is 11.1 Å². The Morgan fingerprint density at radius 2 is 1.22 bits per heavy atom. The Bertz CT molecular complexity index is 601. The summed E-state index contributed by atoms with van der Waals surface area (Å²) in [6.07, 6.45) is 0. The van der Waals surface area contributed by atoms with E-state index in [1.807, 2.05) is 0 Å². The van der Waals surface area contributed by atoms with Crippen LogP contribution >= 0.6 is 0 Å². The van der Waals surface area contributed by atoms with Crippen LogP contribution in [0.2, 0.25) is 0 Å². The number of hydrogen-bond acceptors (Lipinski definition) is 0. The van der Waals surface area contributed by atoms with Gasteiger partial charge >= 0.3 is 0 Å². The number of nitrogens with one attached hydrogen (secondary N) is 1. The molecule has 1 nitrogen and oxygen atoms in total. The summed E-state index contributed by atoms with van der Waals surface area (Å²) in [6.45, 7) is 3.10. The maximum absolute atomic E-state index is 13.5. The van der Waals surface area contributed by atoms with Gasteiger partial charge in [0.25, 0.3) is 0 Å². The normalized spacial score (nSPS) is 11.1. The quantitative estimate of drug-likeness (QED) is 0.454. The van der Waals surface area contributed by atoms with Crippen LogP contribution in [0.15, 0.2) is 6.07 Å². The zero-order valence-electron chi connectivity index (χ0n) is 9.47. The number of aromatic amines is 1. The van der Waals surface area contributed by atoms with Gasteiger partial charge in [-0.1, -0.05) is 0 Å². The third kappa shape index (κ3) is 1.68. The zero-order valence-corrected chi connectivity index (χ0v) is 9.47. The average Bonchev–Trinajstić information content (AvgIpc) is 2.64. The molecular weight excluding hydrogens is 253 g/mol. The molecular formula is C12H8F5N. The molecule has 1 heterocycles. The molecule has 0 spiro atoms. The SMILES string of the molecule is Cc1cc(-c2c(F)c(F)c(F)c(F)c2F)c(C)[nH]1. The van der Waals surface area contributed by atoms with Crippen molar-refractivity contribution in [2.24, 2.45) is 0 Å². The van der Waals surface area contributed by atoms with Crippen LogP contribution in [-0.2, 0) is 0 Å². The Labute approximate surface area is 99.3 Å². The van der Waals surface area contributed by atoms with E-state index in [0.29, 0.717) is 11.4 Å². The monoisotopic (exact) mass is 261 g/mol. The van der Waals surface area contributed by atoms with Gasteiger partial charge in [-0.15, -0.1) is 0 Å². The topological polar surface area (TPSA) is 15.8 Å². The minimum Gasteiger partial charge on any atom is -0.362 e. The van der Waals surface area contributed by atoms with Gasteiger partial charge in [-0.3, -0.25) is 0 Å². The van der Waals surface area contributed by atoms with Gasteiger partial charge in [0.2, 0.25) is 5.82 Å². The third-order valence-electron chi connectivity index (χ3n) is 2.63. The predicted octanol–water partition coefficient (Wildman–Crippen LogP) is 3.99. The van der Waals surface area contributed by atoms with Crippen molar-refractivity contribution >= 4 is 0 Å². The molecule has 1 aromatic carbocycles. The summed E-state index contributed by atoms with van der Waals surface area (Å²) in [4.78, 5) is 2.74. The fourth-order valence-electron chi connectivity index (χ4n) is 1.82. The molecule has 0 atom stereocenters. The molecule has 6 heteroatoms. The summed E-state index contributed by atoms with van der Waals surface area (Å²) in [7, 11) is 0. The second-order valence-corrected chi connectivity index (χ2v) is 3.94. The average molecular weight is 261 g/mol. The molecule has 1 aromatic heterocycles. The lowest BCUT2D eigenvalue weighted by molar-refractivity contribution is 0.381. The van der Waals surface area contributed by atoms with E-state index in [-0.39, 0.29) is 5.56 Å². The molecule has 18 heavy (non-hydrogen) atoms. The van der Waals surface area contributed by atoms with Crippen LogP contribution < -0.4 is 0 Å². The lowest BCUT2D eigenvalue weighted by Gasteiger charge is -2.07. The first-order valence-electron chi connectivity index (χ1n) is 5.02. The van der Waals surface area contributed by atoms with E-state index in [0.717, 1.165) is 0 Å². The van der Waals surface area contributed by atoms with Gasteiger partial charge in [0.1, 0.15) is 0 Å². The van der Waals surface area contributed by atoms with Crippen molar-refractivity contribution in [3.8, 4) is 11.1 Å². The number of hydrogen-bond donors (Lipinski definition) is 1. The first-order valence-corrected chi connectivity index (χ1v) is 5.02. The highest BCUT2D eigenvalue weighted by atomic mass is 19.2. The van der Waals surface area contributed by atoms with Crippen LogP contribution in [0.3, 0.4) is 0 Å². The fraction of sp³-hybridized carbons (Fsp3) is 0.167. The van der Waals surface area contributed by atoms with Crippen molar-refractivity contribution in [2.75, 3.05) is 0 Å². The number of rotatable bonds is 1. The number of halogens is 5. The van der Waals surface area contributed by atoms with Gasteiger partial charge < -0.3 is 4.98 Å². The molecule has 0 aliphatic carbocycles. The predicted molar refractivity (Wildman–Crippen MR) is 55.5 cm³/mol. The van der Waals surface area contributed by atoms with Crippen molar-refractivity contribution in [1.82, 2.24) is 4.98 Å². The minimum atomic E-state index is -2.15. The molecule has 0 aliphatic heterocycles. The Morgan fingerprint density at radius 1 is 0.778 bits per heavy atom. The second kappa shape index (κ2) is 4.12. The molecule has 0 bridgehead atoms. The highest BCUT2D eigenvalue weighted by molar-refractivity contribution is 5.68. The van der Waals surface area contributed by atoms with Gasteiger partial charge in [-0.05, 0) is 19.9 Å². The van der Waals surface area contributed by atoms with Crippen molar-refractivity contribution in [3.05, 3.63) is 46.5 Å². The van der Waals surface area contributed by atoms with E-state index in [2.05, 4.69) is 4.98 Å². The van der Waals surface area contributed by atoms with Crippen LogP contribution in [-0.4, -0.2) is 4.98 Å². The molecule has 0 fully saturated rings.